The van der Waals surface area contributed by atoms with Crippen LogP contribution in [-0.2, 0) is 5.75 Å². The molecule has 4 rings (SSSR count). The highest BCUT2D eigenvalue weighted by molar-refractivity contribution is 7.98. The normalized spacial score (nSPS) is 16.5. The molecule has 1 atom stereocenters. The average Bonchev–Trinajstić information content (AvgIpc) is 3.36. The standard InChI is InChI=1S/C22H23N3OS2/c1-15-13-16(2)24-22(23-15)28-14-17-7-3-4-8-18(17)21(26)25-11-5-9-19(25)20-10-6-12-27-20/h3-4,6-8,10,12-13,19H,5,9,11,14H2,1-2H3/t19-/m1/s1. The van der Waals surface area contributed by atoms with E-state index in [4.69, 9.17) is 0 Å². The van der Waals surface area contributed by atoms with Gasteiger partial charge in [0.15, 0.2) is 5.16 Å². The monoisotopic (exact) mass is 409 g/mol. The molecule has 0 aliphatic carbocycles. The van der Waals surface area contributed by atoms with E-state index in [2.05, 4.69) is 27.5 Å². The summed E-state index contributed by atoms with van der Waals surface area (Å²) >= 11 is 3.32. The van der Waals surface area contributed by atoms with Gasteiger partial charge in [-0.2, -0.15) is 0 Å². The van der Waals surface area contributed by atoms with Crippen molar-refractivity contribution in [2.24, 2.45) is 0 Å². The largest absolute Gasteiger partial charge is 0.331 e. The molecule has 4 nitrogen and oxygen atoms in total. The molecule has 0 N–H and O–H groups in total. The molecule has 1 saturated heterocycles. The first-order valence-electron chi connectivity index (χ1n) is 9.49. The predicted molar refractivity (Wildman–Crippen MR) is 115 cm³/mol. The third-order valence-corrected chi connectivity index (χ3v) is 6.82. The van der Waals surface area contributed by atoms with Crippen LogP contribution in [0.3, 0.4) is 0 Å². The van der Waals surface area contributed by atoms with Gasteiger partial charge in [-0.3, -0.25) is 4.79 Å². The van der Waals surface area contributed by atoms with Crippen molar-refractivity contribution in [3.63, 3.8) is 0 Å². The van der Waals surface area contributed by atoms with Crippen LogP contribution in [-0.4, -0.2) is 27.3 Å². The topological polar surface area (TPSA) is 46.1 Å². The number of carbonyl (C=O) groups is 1. The molecule has 0 unspecified atom stereocenters. The molecular formula is C22H23N3OS2. The fourth-order valence-corrected chi connectivity index (χ4v) is 5.52. The second-order valence-corrected chi connectivity index (χ2v) is 8.97. The maximum atomic E-state index is 13.4. The molecule has 0 radical (unpaired) electrons. The Kier molecular flexibility index (Phi) is 5.78. The Labute approximate surface area is 174 Å². The molecule has 6 heteroatoms. The van der Waals surface area contributed by atoms with Crippen molar-refractivity contribution >= 4 is 29.0 Å². The van der Waals surface area contributed by atoms with Gasteiger partial charge in [0.1, 0.15) is 0 Å². The first kappa shape index (κ1) is 19.2. The van der Waals surface area contributed by atoms with Crippen molar-refractivity contribution in [1.82, 2.24) is 14.9 Å². The highest BCUT2D eigenvalue weighted by Crippen LogP contribution is 2.36. The number of hydrogen-bond acceptors (Lipinski definition) is 5. The number of thioether (sulfide) groups is 1. The Morgan fingerprint density at radius 1 is 1.18 bits per heavy atom. The quantitative estimate of drug-likeness (QED) is 0.417. The molecule has 2 aromatic heterocycles. The van der Waals surface area contributed by atoms with Gasteiger partial charge in [-0.05, 0) is 55.8 Å². The smallest absolute Gasteiger partial charge is 0.254 e. The summed E-state index contributed by atoms with van der Waals surface area (Å²) in [6.45, 7) is 4.78. The van der Waals surface area contributed by atoms with E-state index in [1.807, 2.05) is 49.1 Å². The summed E-state index contributed by atoms with van der Waals surface area (Å²) in [5.41, 5.74) is 3.77. The van der Waals surface area contributed by atoms with Gasteiger partial charge in [-0.15, -0.1) is 11.3 Å². The van der Waals surface area contributed by atoms with Crippen molar-refractivity contribution in [2.45, 2.75) is 43.6 Å². The number of thiophene rings is 1. The first-order chi connectivity index (χ1) is 13.6. The van der Waals surface area contributed by atoms with Gasteiger partial charge in [0.25, 0.3) is 5.91 Å². The van der Waals surface area contributed by atoms with Crippen LogP contribution in [0, 0.1) is 13.8 Å². The summed E-state index contributed by atoms with van der Waals surface area (Å²) in [7, 11) is 0. The SMILES string of the molecule is Cc1cc(C)nc(SCc2ccccc2C(=O)N2CCC[C@@H]2c2cccs2)n1. The summed E-state index contributed by atoms with van der Waals surface area (Å²) in [5, 5.41) is 2.85. The lowest BCUT2D eigenvalue weighted by molar-refractivity contribution is 0.0737. The first-order valence-corrected chi connectivity index (χ1v) is 11.4. The van der Waals surface area contributed by atoms with Crippen LogP contribution < -0.4 is 0 Å². The van der Waals surface area contributed by atoms with E-state index in [9.17, 15) is 4.79 Å². The number of likely N-dealkylation sites (tertiary alicyclic amines) is 1. The van der Waals surface area contributed by atoms with Gasteiger partial charge in [0, 0.05) is 34.1 Å². The van der Waals surface area contributed by atoms with Crippen molar-refractivity contribution in [3.05, 3.63) is 75.2 Å². The summed E-state index contributed by atoms with van der Waals surface area (Å²) in [6.07, 6.45) is 2.10. The second-order valence-electron chi connectivity index (χ2n) is 7.05. The van der Waals surface area contributed by atoms with Gasteiger partial charge < -0.3 is 4.90 Å². The number of rotatable bonds is 5. The highest BCUT2D eigenvalue weighted by Gasteiger charge is 2.32. The number of benzene rings is 1. The number of aromatic nitrogens is 2. The number of nitrogens with zero attached hydrogens (tertiary/aromatic N) is 3. The van der Waals surface area contributed by atoms with Crippen molar-refractivity contribution in [1.29, 1.82) is 0 Å². The van der Waals surface area contributed by atoms with Crippen LogP contribution in [0.25, 0.3) is 0 Å². The molecule has 3 heterocycles. The molecule has 1 aliphatic heterocycles. The van der Waals surface area contributed by atoms with Crippen LogP contribution in [0.5, 0.6) is 0 Å². The highest BCUT2D eigenvalue weighted by atomic mass is 32.2. The number of amides is 1. The molecular weight excluding hydrogens is 386 g/mol. The number of aryl methyl sites for hydroxylation is 2. The fourth-order valence-electron chi connectivity index (χ4n) is 3.70. The van der Waals surface area contributed by atoms with Crippen LogP contribution in [0.15, 0.2) is 53.0 Å². The Hall–Kier alpha value is -2.18. The minimum atomic E-state index is 0.133. The molecule has 1 amide bonds. The van der Waals surface area contributed by atoms with Gasteiger partial charge >= 0.3 is 0 Å². The van der Waals surface area contributed by atoms with E-state index in [1.165, 1.54) is 4.88 Å². The van der Waals surface area contributed by atoms with E-state index in [0.717, 1.165) is 47.1 Å². The van der Waals surface area contributed by atoms with E-state index in [-0.39, 0.29) is 11.9 Å². The predicted octanol–water partition coefficient (Wildman–Crippen LogP) is 5.42. The molecule has 1 fully saturated rings. The minimum Gasteiger partial charge on any atom is -0.331 e. The lowest BCUT2D eigenvalue weighted by Crippen LogP contribution is -2.30. The Balaban J connectivity index is 1.54. The van der Waals surface area contributed by atoms with Crippen LogP contribution in [0.4, 0.5) is 0 Å². The average molecular weight is 410 g/mol. The second kappa shape index (κ2) is 8.45. The molecule has 1 aromatic carbocycles. The minimum absolute atomic E-state index is 0.133. The Morgan fingerprint density at radius 3 is 2.71 bits per heavy atom. The zero-order valence-corrected chi connectivity index (χ0v) is 17.7. The van der Waals surface area contributed by atoms with Gasteiger partial charge in [0.2, 0.25) is 0 Å². The van der Waals surface area contributed by atoms with Gasteiger partial charge in [0.05, 0.1) is 6.04 Å². The lowest BCUT2D eigenvalue weighted by atomic mass is 10.1. The zero-order valence-electron chi connectivity index (χ0n) is 16.1. The van der Waals surface area contributed by atoms with Crippen LogP contribution >= 0.6 is 23.1 Å². The van der Waals surface area contributed by atoms with E-state index in [0.29, 0.717) is 5.75 Å². The maximum Gasteiger partial charge on any atom is 0.254 e. The molecule has 1 aliphatic rings. The molecule has 3 aromatic rings. The number of carbonyl (C=O) groups excluding carboxylic acids is 1. The van der Waals surface area contributed by atoms with Crippen molar-refractivity contribution in [2.75, 3.05) is 6.54 Å². The third kappa shape index (κ3) is 4.13. The number of hydrogen-bond donors (Lipinski definition) is 0. The molecule has 28 heavy (non-hydrogen) atoms. The maximum absolute atomic E-state index is 13.4. The van der Waals surface area contributed by atoms with Gasteiger partial charge in [-0.25, -0.2) is 9.97 Å². The molecule has 0 saturated carbocycles. The van der Waals surface area contributed by atoms with Crippen LogP contribution in [0.1, 0.15) is 51.1 Å². The van der Waals surface area contributed by atoms with Crippen molar-refractivity contribution < 1.29 is 4.79 Å². The summed E-state index contributed by atoms with van der Waals surface area (Å²) in [6, 6.07) is 14.3. The van der Waals surface area contributed by atoms with E-state index >= 15 is 0 Å². The van der Waals surface area contributed by atoms with E-state index < -0.39 is 0 Å². The Bertz CT molecular complexity index is 951. The van der Waals surface area contributed by atoms with Gasteiger partial charge in [-0.1, -0.05) is 36.0 Å². The molecule has 0 bridgehead atoms. The molecule has 0 spiro atoms. The summed E-state index contributed by atoms with van der Waals surface area (Å²) < 4.78 is 0. The summed E-state index contributed by atoms with van der Waals surface area (Å²) in [5.74, 6) is 0.816. The van der Waals surface area contributed by atoms with Crippen LogP contribution in [0.2, 0.25) is 0 Å². The lowest BCUT2D eigenvalue weighted by Gasteiger charge is -2.25. The summed E-state index contributed by atoms with van der Waals surface area (Å²) in [4.78, 5) is 25.7. The van der Waals surface area contributed by atoms with Crippen molar-refractivity contribution in [3.8, 4) is 0 Å². The molecule has 144 valence electrons. The third-order valence-electron chi connectivity index (χ3n) is 4.95. The zero-order chi connectivity index (χ0) is 19.5. The van der Waals surface area contributed by atoms with E-state index in [1.54, 1.807) is 23.1 Å². The fraction of sp³-hybridized carbons (Fsp3) is 0.318. The Morgan fingerprint density at radius 2 is 1.96 bits per heavy atom.